The van der Waals surface area contributed by atoms with Gasteiger partial charge in [-0.15, -0.1) is 0 Å². The average molecular weight is 293 g/mol. The number of rotatable bonds is 4. The molecule has 3 rings (SSSR count). The van der Waals surface area contributed by atoms with Gasteiger partial charge in [0.15, 0.2) is 5.82 Å². The van der Waals surface area contributed by atoms with Crippen LogP contribution in [0.4, 0.5) is 0 Å². The first kappa shape index (κ1) is 14.4. The molecule has 0 saturated carbocycles. The van der Waals surface area contributed by atoms with Crippen LogP contribution in [0, 0.1) is 6.92 Å². The molecule has 2 aromatic heterocycles. The summed E-state index contributed by atoms with van der Waals surface area (Å²) in [5.74, 6) is 1.79. The molecule has 0 aliphatic rings. The molecule has 0 fully saturated rings. The van der Waals surface area contributed by atoms with Crippen LogP contribution in [0.3, 0.4) is 0 Å². The van der Waals surface area contributed by atoms with E-state index >= 15 is 0 Å². The van der Waals surface area contributed by atoms with Crippen molar-refractivity contribution in [3.63, 3.8) is 0 Å². The molecule has 0 saturated heterocycles. The summed E-state index contributed by atoms with van der Waals surface area (Å²) in [7, 11) is 0. The average Bonchev–Trinajstić information content (AvgIpc) is 2.96. The molecule has 3 aromatic rings. The number of aryl methyl sites for hydroxylation is 1. The van der Waals surface area contributed by atoms with Gasteiger partial charge in [-0.3, -0.25) is 4.98 Å². The normalized spacial score (nSPS) is 11.1. The third kappa shape index (κ3) is 3.06. The zero-order valence-corrected chi connectivity index (χ0v) is 13.1. The Morgan fingerprint density at radius 1 is 1.09 bits per heavy atom. The fourth-order valence-electron chi connectivity index (χ4n) is 2.35. The standard InChI is InChI=1S/C18H19N3O/c1-12(2)15-6-4-14(5-7-15)10-17-20-18(22-21-17)16-8-9-19-11-13(16)3/h4-9,11-12H,10H2,1-3H3. The lowest BCUT2D eigenvalue weighted by atomic mass is 10.0. The number of benzene rings is 1. The van der Waals surface area contributed by atoms with E-state index in [1.165, 1.54) is 11.1 Å². The van der Waals surface area contributed by atoms with Crippen LogP contribution in [0.25, 0.3) is 11.5 Å². The van der Waals surface area contributed by atoms with Crippen LogP contribution < -0.4 is 0 Å². The van der Waals surface area contributed by atoms with Gasteiger partial charge in [-0.1, -0.05) is 43.3 Å². The van der Waals surface area contributed by atoms with Crippen molar-refractivity contribution < 1.29 is 4.52 Å². The van der Waals surface area contributed by atoms with Gasteiger partial charge in [0.1, 0.15) is 0 Å². The summed E-state index contributed by atoms with van der Waals surface area (Å²) in [5, 5.41) is 4.08. The topological polar surface area (TPSA) is 51.8 Å². The summed E-state index contributed by atoms with van der Waals surface area (Å²) >= 11 is 0. The Kier molecular flexibility index (Phi) is 4.00. The third-order valence-electron chi connectivity index (χ3n) is 3.73. The molecule has 0 aliphatic heterocycles. The maximum absolute atomic E-state index is 5.38. The van der Waals surface area contributed by atoms with E-state index in [1.54, 1.807) is 12.4 Å². The van der Waals surface area contributed by atoms with Crippen LogP contribution in [-0.2, 0) is 6.42 Å². The Morgan fingerprint density at radius 3 is 2.55 bits per heavy atom. The van der Waals surface area contributed by atoms with Crippen molar-refractivity contribution >= 4 is 0 Å². The Morgan fingerprint density at radius 2 is 1.86 bits per heavy atom. The minimum Gasteiger partial charge on any atom is -0.334 e. The predicted octanol–water partition coefficient (Wildman–Crippen LogP) is 4.15. The largest absolute Gasteiger partial charge is 0.334 e. The van der Waals surface area contributed by atoms with Crippen LogP contribution in [0.1, 0.15) is 42.3 Å². The van der Waals surface area contributed by atoms with Crippen LogP contribution >= 0.6 is 0 Å². The molecule has 0 spiro atoms. The number of pyridine rings is 1. The van der Waals surface area contributed by atoms with Crippen LogP contribution in [0.2, 0.25) is 0 Å². The van der Waals surface area contributed by atoms with Crippen molar-refractivity contribution in [1.82, 2.24) is 15.1 Å². The molecular formula is C18H19N3O. The Hall–Kier alpha value is -2.49. The Bertz CT molecular complexity index is 760. The zero-order chi connectivity index (χ0) is 15.5. The van der Waals surface area contributed by atoms with Gasteiger partial charge >= 0.3 is 0 Å². The van der Waals surface area contributed by atoms with Crippen LogP contribution in [-0.4, -0.2) is 15.1 Å². The van der Waals surface area contributed by atoms with Crippen molar-refractivity contribution in [2.45, 2.75) is 33.1 Å². The fraction of sp³-hybridized carbons (Fsp3) is 0.278. The minimum atomic E-state index is 0.542. The smallest absolute Gasteiger partial charge is 0.258 e. The summed E-state index contributed by atoms with van der Waals surface area (Å²) in [5.41, 5.74) is 4.48. The maximum Gasteiger partial charge on any atom is 0.258 e. The monoisotopic (exact) mass is 293 g/mol. The van der Waals surface area contributed by atoms with Gasteiger partial charge in [0.05, 0.1) is 0 Å². The van der Waals surface area contributed by atoms with Crippen molar-refractivity contribution in [2.24, 2.45) is 0 Å². The summed E-state index contributed by atoms with van der Waals surface area (Å²) in [6, 6.07) is 10.5. The van der Waals surface area contributed by atoms with E-state index in [1.807, 2.05) is 13.0 Å². The quantitative estimate of drug-likeness (QED) is 0.725. The van der Waals surface area contributed by atoms with Crippen molar-refractivity contribution in [2.75, 3.05) is 0 Å². The second-order valence-corrected chi connectivity index (χ2v) is 5.78. The van der Waals surface area contributed by atoms with Gasteiger partial charge in [0.25, 0.3) is 5.89 Å². The second-order valence-electron chi connectivity index (χ2n) is 5.78. The van der Waals surface area contributed by atoms with Gasteiger partial charge < -0.3 is 4.52 Å². The summed E-state index contributed by atoms with van der Waals surface area (Å²) < 4.78 is 5.38. The van der Waals surface area contributed by atoms with Gasteiger partial charge in [-0.25, -0.2) is 0 Å². The molecule has 4 heteroatoms. The van der Waals surface area contributed by atoms with Crippen LogP contribution in [0.15, 0.2) is 47.2 Å². The Labute approximate surface area is 130 Å². The molecule has 0 N–H and O–H groups in total. The molecule has 0 bridgehead atoms. The molecule has 0 radical (unpaired) electrons. The molecular weight excluding hydrogens is 274 g/mol. The number of nitrogens with zero attached hydrogens (tertiary/aromatic N) is 3. The van der Waals surface area contributed by atoms with Gasteiger partial charge in [-0.05, 0) is 35.6 Å². The second kappa shape index (κ2) is 6.10. The lowest BCUT2D eigenvalue weighted by Gasteiger charge is -2.05. The SMILES string of the molecule is Cc1cnccc1-c1nc(Cc2ccc(C(C)C)cc2)no1. The van der Waals surface area contributed by atoms with Gasteiger partial charge in [0, 0.05) is 24.4 Å². The third-order valence-corrected chi connectivity index (χ3v) is 3.73. The van der Waals surface area contributed by atoms with E-state index in [0.29, 0.717) is 24.1 Å². The molecule has 0 atom stereocenters. The highest BCUT2D eigenvalue weighted by atomic mass is 16.5. The molecule has 1 aromatic carbocycles. The molecule has 22 heavy (non-hydrogen) atoms. The van der Waals surface area contributed by atoms with E-state index in [4.69, 9.17) is 4.52 Å². The zero-order valence-electron chi connectivity index (χ0n) is 13.1. The van der Waals surface area contributed by atoms with E-state index in [9.17, 15) is 0 Å². The molecule has 0 amide bonds. The summed E-state index contributed by atoms with van der Waals surface area (Å²) in [6.07, 6.45) is 4.20. The first-order chi connectivity index (χ1) is 10.6. The number of hydrogen-bond donors (Lipinski definition) is 0. The van der Waals surface area contributed by atoms with E-state index in [2.05, 4.69) is 53.2 Å². The first-order valence-electron chi connectivity index (χ1n) is 7.46. The minimum absolute atomic E-state index is 0.542. The summed E-state index contributed by atoms with van der Waals surface area (Å²) in [4.78, 5) is 8.57. The summed E-state index contributed by atoms with van der Waals surface area (Å²) in [6.45, 7) is 6.37. The predicted molar refractivity (Wildman–Crippen MR) is 85.6 cm³/mol. The van der Waals surface area contributed by atoms with Gasteiger partial charge in [0.2, 0.25) is 0 Å². The van der Waals surface area contributed by atoms with E-state index in [-0.39, 0.29) is 0 Å². The number of hydrogen-bond acceptors (Lipinski definition) is 4. The van der Waals surface area contributed by atoms with E-state index < -0.39 is 0 Å². The molecule has 112 valence electrons. The lowest BCUT2D eigenvalue weighted by Crippen LogP contribution is -1.93. The highest BCUT2D eigenvalue weighted by Crippen LogP contribution is 2.21. The Balaban J connectivity index is 1.78. The number of aromatic nitrogens is 3. The fourth-order valence-corrected chi connectivity index (χ4v) is 2.35. The van der Waals surface area contributed by atoms with Crippen molar-refractivity contribution in [3.8, 4) is 11.5 Å². The molecule has 0 aliphatic carbocycles. The molecule has 4 nitrogen and oxygen atoms in total. The molecule has 2 heterocycles. The van der Waals surface area contributed by atoms with Crippen molar-refractivity contribution in [3.05, 3.63) is 65.2 Å². The lowest BCUT2D eigenvalue weighted by molar-refractivity contribution is 0.423. The van der Waals surface area contributed by atoms with Crippen LogP contribution in [0.5, 0.6) is 0 Å². The van der Waals surface area contributed by atoms with Crippen molar-refractivity contribution in [1.29, 1.82) is 0 Å². The first-order valence-corrected chi connectivity index (χ1v) is 7.46. The highest BCUT2D eigenvalue weighted by Gasteiger charge is 2.11. The molecule has 0 unspecified atom stereocenters. The van der Waals surface area contributed by atoms with E-state index in [0.717, 1.165) is 11.1 Å². The van der Waals surface area contributed by atoms with Gasteiger partial charge in [-0.2, -0.15) is 4.98 Å². The highest BCUT2D eigenvalue weighted by molar-refractivity contribution is 5.56. The maximum atomic E-state index is 5.38.